The van der Waals surface area contributed by atoms with Crippen molar-refractivity contribution in [3.63, 3.8) is 0 Å². The summed E-state index contributed by atoms with van der Waals surface area (Å²) in [6, 6.07) is 6.31. The van der Waals surface area contributed by atoms with Gasteiger partial charge in [0.05, 0.1) is 12.8 Å². The third kappa shape index (κ3) is 4.56. The van der Waals surface area contributed by atoms with Crippen LogP contribution in [0.1, 0.15) is 36.6 Å². The molecule has 0 bridgehead atoms. The van der Waals surface area contributed by atoms with Gasteiger partial charge < -0.3 is 31.2 Å². The fourth-order valence-electron chi connectivity index (χ4n) is 3.60. The van der Waals surface area contributed by atoms with Crippen LogP contribution in [0.2, 0.25) is 0 Å². The first-order valence-corrected chi connectivity index (χ1v) is 10.5. The van der Waals surface area contributed by atoms with Crippen molar-refractivity contribution in [3.8, 4) is 23.8 Å². The average molecular weight is 464 g/mol. The number of pyridine rings is 1. The lowest BCUT2D eigenvalue weighted by Crippen LogP contribution is -2.34. The molecule has 2 heterocycles. The second-order valence-electron chi connectivity index (χ2n) is 7.17. The molecule has 0 aliphatic carbocycles. The zero-order valence-corrected chi connectivity index (χ0v) is 19.0. The Bertz CT molecular complexity index is 1210. The molecule has 0 fully saturated rings. The third-order valence-electron chi connectivity index (χ3n) is 5.33. The summed E-state index contributed by atoms with van der Waals surface area (Å²) >= 11 is 0. The van der Waals surface area contributed by atoms with E-state index in [1.807, 2.05) is 19.9 Å². The molecule has 0 spiro atoms. The Kier molecular flexibility index (Phi) is 7.23. The molecule has 1 unspecified atom stereocenters. The number of hydrogen-bond acceptors (Lipinski definition) is 11. The summed E-state index contributed by atoms with van der Waals surface area (Å²) in [5, 5.41) is 23.8. The van der Waals surface area contributed by atoms with Crippen LogP contribution in [0.15, 0.2) is 23.2 Å². The molecule has 1 atom stereocenters. The number of aromatic nitrogens is 1. The largest absolute Gasteiger partial charge is 0.493 e. The van der Waals surface area contributed by atoms with E-state index in [-0.39, 0.29) is 41.4 Å². The maximum atomic E-state index is 12.3. The van der Waals surface area contributed by atoms with Gasteiger partial charge >= 0.3 is 0 Å². The molecule has 0 radical (unpaired) electrons. The highest BCUT2D eigenvalue weighted by molar-refractivity contribution is 5.98. The van der Waals surface area contributed by atoms with E-state index in [2.05, 4.69) is 20.6 Å². The minimum Gasteiger partial charge on any atom is -0.493 e. The van der Waals surface area contributed by atoms with Crippen LogP contribution in [-0.4, -0.2) is 48.6 Å². The van der Waals surface area contributed by atoms with Gasteiger partial charge in [-0.15, -0.1) is 0 Å². The van der Waals surface area contributed by atoms with Gasteiger partial charge in [0.25, 0.3) is 5.91 Å². The molecular formula is C22H25N9O3. The minimum absolute atomic E-state index is 0.0394. The lowest BCUT2D eigenvalue weighted by atomic mass is 9.95. The Morgan fingerprint density at radius 2 is 2.00 bits per heavy atom. The highest BCUT2D eigenvalue weighted by Crippen LogP contribution is 2.42. The minimum atomic E-state index is -0.729. The summed E-state index contributed by atoms with van der Waals surface area (Å²) in [5.41, 5.74) is 13.4. The van der Waals surface area contributed by atoms with Crippen molar-refractivity contribution in [1.82, 2.24) is 15.2 Å². The van der Waals surface area contributed by atoms with Crippen molar-refractivity contribution in [2.24, 2.45) is 4.99 Å². The molecule has 1 amide bonds. The Labute approximate surface area is 196 Å². The van der Waals surface area contributed by atoms with Crippen molar-refractivity contribution >= 4 is 29.2 Å². The number of anilines is 3. The summed E-state index contributed by atoms with van der Waals surface area (Å²) in [7, 11) is 1.48. The Morgan fingerprint density at radius 3 is 2.62 bits per heavy atom. The van der Waals surface area contributed by atoms with Crippen molar-refractivity contribution < 1.29 is 14.3 Å². The number of benzene rings is 1. The van der Waals surface area contributed by atoms with Crippen LogP contribution in [0, 0.1) is 22.8 Å². The molecule has 0 saturated carbocycles. The summed E-state index contributed by atoms with van der Waals surface area (Å²) in [5.74, 6) is 0.984. The molecule has 12 heteroatoms. The number of hydrogen-bond donors (Lipinski definition) is 4. The molecule has 34 heavy (non-hydrogen) atoms. The topological polar surface area (TPSA) is 188 Å². The normalized spacial score (nSPS) is 13.9. The average Bonchev–Trinajstić information content (AvgIpc) is 2.83. The Balaban J connectivity index is 2.01. The number of ether oxygens (including phenoxy) is 2. The summed E-state index contributed by atoms with van der Waals surface area (Å²) in [6.45, 7) is 4.84. The molecule has 176 valence electrons. The van der Waals surface area contributed by atoms with Gasteiger partial charge in [0.1, 0.15) is 29.3 Å². The quantitative estimate of drug-likeness (QED) is 0.344. The first-order chi connectivity index (χ1) is 16.4. The van der Waals surface area contributed by atoms with Gasteiger partial charge in [-0.25, -0.2) is 9.98 Å². The molecule has 1 aliphatic heterocycles. The summed E-state index contributed by atoms with van der Waals surface area (Å²) in [4.78, 5) is 22.7. The maximum Gasteiger partial charge on any atom is 0.260 e. The third-order valence-corrected chi connectivity index (χ3v) is 5.33. The number of rotatable bonds is 7. The van der Waals surface area contributed by atoms with Crippen LogP contribution in [0.25, 0.3) is 0 Å². The molecular weight excluding hydrogens is 438 g/mol. The second-order valence-corrected chi connectivity index (χ2v) is 7.17. The number of nitrogens with zero attached hydrogens (tertiary/aromatic N) is 5. The van der Waals surface area contributed by atoms with Crippen molar-refractivity contribution in [2.45, 2.75) is 19.9 Å². The molecule has 1 aliphatic rings. The smallest absolute Gasteiger partial charge is 0.260 e. The van der Waals surface area contributed by atoms with E-state index in [1.54, 1.807) is 29.3 Å². The predicted octanol–water partition coefficient (Wildman–Crippen LogP) is 1.32. The number of fused-ring (bicyclic) bond motifs is 1. The van der Waals surface area contributed by atoms with E-state index in [1.165, 1.54) is 7.11 Å². The Hall–Kier alpha value is -4.71. The summed E-state index contributed by atoms with van der Waals surface area (Å²) in [6.07, 6.45) is 1.80. The highest BCUT2D eigenvalue weighted by atomic mass is 16.5. The van der Waals surface area contributed by atoms with Crippen molar-refractivity contribution in [3.05, 3.63) is 34.9 Å². The standard InChI is InChI=1S/C22H25N9O3/c1-4-31(5-2)16(32)10-34-14-7-6-12(8-15(14)33-3)19-17-18(25)13(9-23)20(26)29-21(17)30-22(28-19)27-11-24/h6-8,19H,4-5,10H2,1-3H3,(H6,25,26,27,28,29,30). The number of likely N-dealkylation sites (N-methyl/N-ethyl adjacent to an activating group) is 1. The molecule has 2 aromatic rings. The maximum absolute atomic E-state index is 12.3. The highest BCUT2D eigenvalue weighted by Gasteiger charge is 2.30. The predicted molar refractivity (Wildman–Crippen MR) is 126 cm³/mol. The lowest BCUT2D eigenvalue weighted by Gasteiger charge is -2.26. The molecule has 0 saturated heterocycles. The molecule has 12 nitrogen and oxygen atoms in total. The number of aliphatic imine (C=N–C) groups is 1. The number of methoxy groups -OCH3 is 1. The van der Waals surface area contributed by atoms with Gasteiger partial charge in [-0.05, 0) is 31.5 Å². The van der Waals surface area contributed by atoms with Crippen molar-refractivity contribution in [2.75, 3.05) is 43.6 Å². The fraction of sp³-hybridized carbons (Fsp3) is 0.318. The van der Waals surface area contributed by atoms with Gasteiger partial charge in [-0.3, -0.25) is 10.1 Å². The number of nitriles is 2. The number of amides is 1. The number of carbonyl (C=O) groups is 1. The van der Waals surface area contributed by atoms with Gasteiger partial charge in [0.15, 0.2) is 24.3 Å². The van der Waals surface area contributed by atoms with Crippen LogP contribution >= 0.6 is 0 Å². The van der Waals surface area contributed by atoms with E-state index >= 15 is 0 Å². The van der Waals surface area contributed by atoms with E-state index < -0.39 is 6.04 Å². The van der Waals surface area contributed by atoms with E-state index in [0.717, 1.165) is 0 Å². The molecule has 1 aromatic heterocycles. The van der Waals surface area contributed by atoms with Crippen LogP contribution in [0.5, 0.6) is 11.5 Å². The van der Waals surface area contributed by atoms with Gasteiger partial charge in [-0.1, -0.05) is 6.07 Å². The van der Waals surface area contributed by atoms with Crippen LogP contribution in [0.3, 0.4) is 0 Å². The number of nitrogen functional groups attached to an aromatic ring is 2. The zero-order chi connectivity index (χ0) is 24.8. The van der Waals surface area contributed by atoms with Gasteiger partial charge in [-0.2, -0.15) is 10.5 Å². The molecule has 1 aromatic carbocycles. The number of carbonyl (C=O) groups excluding carboxylic acids is 1. The van der Waals surface area contributed by atoms with E-state index in [9.17, 15) is 10.1 Å². The Morgan fingerprint density at radius 1 is 1.26 bits per heavy atom. The lowest BCUT2D eigenvalue weighted by molar-refractivity contribution is -0.132. The zero-order valence-electron chi connectivity index (χ0n) is 19.0. The second kappa shape index (κ2) is 10.3. The van der Waals surface area contributed by atoms with Crippen LogP contribution in [0.4, 0.5) is 17.3 Å². The van der Waals surface area contributed by atoms with Crippen molar-refractivity contribution in [1.29, 1.82) is 10.5 Å². The summed E-state index contributed by atoms with van der Waals surface area (Å²) < 4.78 is 11.2. The van der Waals surface area contributed by atoms with Gasteiger partial charge in [0.2, 0.25) is 5.96 Å². The van der Waals surface area contributed by atoms with Crippen LogP contribution < -0.4 is 31.6 Å². The van der Waals surface area contributed by atoms with E-state index in [4.69, 9.17) is 26.2 Å². The van der Waals surface area contributed by atoms with Crippen LogP contribution in [-0.2, 0) is 4.79 Å². The SMILES string of the molecule is CCN(CC)C(=O)COc1ccc(C2N=C(NC#N)Nc3nc(N)c(C#N)c(N)c32)cc1OC. The first kappa shape index (κ1) is 23.9. The molecule has 6 N–H and O–H groups in total. The van der Waals surface area contributed by atoms with E-state index in [0.29, 0.717) is 35.7 Å². The monoisotopic (exact) mass is 463 g/mol. The van der Waals surface area contributed by atoms with Gasteiger partial charge in [0, 0.05) is 18.7 Å². The number of nitrogens with one attached hydrogen (secondary N) is 2. The number of nitrogens with two attached hydrogens (primary N) is 2. The first-order valence-electron chi connectivity index (χ1n) is 10.5. The number of guanidine groups is 1. The fourth-order valence-corrected chi connectivity index (χ4v) is 3.60. The molecule has 3 rings (SSSR count).